The zero-order chi connectivity index (χ0) is 29.4. The molecule has 1 aliphatic rings. The van der Waals surface area contributed by atoms with Crippen LogP contribution in [-0.4, -0.2) is 30.2 Å². The van der Waals surface area contributed by atoms with Crippen molar-refractivity contribution in [2.75, 3.05) is 5.32 Å². The molecule has 8 nitrogen and oxygen atoms in total. The van der Waals surface area contributed by atoms with Crippen molar-refractivity contribution in [3.63, 3.8) is 0 Å². The molecule has 6 rings (SSSR count). The van der Waals surface area contributed by atoms with E-state index in [4.69, 9.17) is 28.2 Å². The van der Waals surface area contributed by atoms with Crippen LogP contribution in [0.5, 0.6) is 0 Å². The lowest BCUT2D eigenvalue weighted by atomic mass is 9.96. The molecule has 0 spiro atoms. The standard InChI is InChI=1S/C32H28Cl2N6O2/c1-19-4-3-5-29(27-14-21(12-13-35-27)31-28(38-32(19)42)17-37-39(31)2)40-18-36-26(16-30(40)41)25-15-23(34)10-11-24(25)20-6-8-22(33)9-7-20/h6-19,29H,3-5H2,1-2H3,(H,38,42)/t19-,29+/m1/s1. The molecule has 2 aromatic carbocycles. The summed E-state index contributed by atoms with van der Waals surface area (Å²) in [5.74, 6) is -0.271. The number of carbonyl (C=O) groups is 1. The van der Waals surface area contributed by atoms with Gasteiger partial charge >= 0.3 is 0 Å². The van der Waals surface area contributed by atoms with Crippen LogP contribution in [0, 0.1) is 5.92 Å². The second-order valence-corrected chi connectivity index (χ2v) is 11.4. The Labute approximate surface area is 253 Å². The van der Waals surface area contributed by atoms with Gasteiger partial charge in [0.05, 0.1) is 41.3 Å². The van der Waals surface area contributed by atoms with E-state index in [9.17, 15) is 9.59 Å². The fraction of sp³-hybridized carbons (Fsp3) is 0.219. The highest BCUT2D eigenvalue weighted by Gasteiger charge is 2.24. The number of aryl methyl sites for hydroxylation is 1. The molecule has 1 aliphatic heterocycles. The molecule has 10 heteroatoms. The minimum Gasteiger partial charge on any atom is -0.323 e. The summed E-state index contributed by atoms with van der Waals surface area (Å²) >= 11 is 12.5. The van der Waals surface area contributed by atoms with E-state index in [-0.39, 0.29) is 23.4 Å². The van der Waals surface area contributed by atoms with Gasteiger partial charge < -0.3 is 5.32 Å². The number of pyridine rings is 1. The van der Waals surface area contributed by atoms with E-state index in [1.807, 2.05) is 68.6 Å². The molecule has 5 aromatic rings. The first kappa shape index (κ1) is 27.9. The van der Waals surface area contributed by atoms with E-state index < -0.39 is 0 Å². The average molecular weight is 600 g/mol. The lowest BCUT2D eigenvalue weighted by molar-refractivity contribution is -0.119. The summed E-state index contributed by atoms with van der Waals surface area (Å²) in [6, 6.07) is 18.0. The van der Waals surface area contributed by atoms with Gasteiger partial charge in [-0.3, -0.25) is 23.8 Å². The van der Waals surface area contributed by atoms with Crippen LogP contribution in [0.4, 0.5) is 5.69 Å². The van der Waals surface area contributed by atoms with Gasteiger partial charge in [-0.25, -0.2) is 4.98 Å². The van der Waals surface area contributed by atoms with Gasteiger partial charge in [0.2, 0.25) is 5.91 Å². The fourth-order valence-electron chi connectivity index (χ4n) is 5.48. The van der Waals surface area contributed by atoms with Gasteiger partial charge in [0.25, 0.3) is 5.56 Å². The lowest BCUT2D eigenvalue weighted by Crippen LogP contribution is -2.27. The van der Waals surface area contributed by atoms with Crippen LogP contribution in [0.25, 0.3) is 33.6 Å². The molecule has 0 unspecified atom stereocenters. The van der Waals surface area contributed by atoms with Crippen molar-refractivity contribution < 1.29 is 4.79 Å². The van der Waals surface area contributed by atoms with Crippen molar-refractivity contribution in [3.8, 4) is 33.6 Å². The smallest absolute Gasteiger partial charge is 0.254 e. The van der Waals surface area contributed by atoms with Crippen molar-refractivity contribution in [2.45, 2.75) is 32.2 Å². The third-order valence-corrected chi connectivity index (χ3v) is 8.23. The number of aromatic nitrogens is 5. The van der Waals surface area contributed by atoms with E-state index in [0.29, 0.717) is 40.7 Å². The van der Waals surface area contributed by atoms with Gasteiger partial charge in [-0.05, 0) is 60.4 Å². The molecule has 0 fully saturated rings. The van der Waals surface area contributed by atoms with Gasteiger partial charge in [0.1, 0.15) is 0 Å². The predicted octanol–water partition coefficient (Wildman–Crippen LogP) is 7.03. The molecule has 1 amide bonds. The minimum absolute atomic E-state index is 0.0585. The number of nitrogens with one attached hydrogen (secondary N) is 1. The van der Waals surface area contributed by atoms with Crippen LogP contribution in [-0.2, 0) is 11.8 Å². The maximum absolute atomic E-state index is 13.8. The van der Waals surface area contributed by atoms with E-state index >= 15 is 0 Å². The number of amides is 1. The van der Waals surface area contributed by atoms with Crippen LogP contribution in [0.1, 0.15) is 37.9 Å². The van der Waals surface area contributed by atoms with Gasteiger partial charge in [0, 0.05) is 46.4 Å². The Hall–Kier alpha value is -4.27. The van der Waals surface area contributed by atoms with Crippen LogP contribution in [0.2, 0.25) is 10.0 Å². The van der Waals surface area contributed by atoms with Gasteiger partial charge in [-0.1, -0.05) is 54.7 Å². The number of benzene rings is 2. The van der Waals surface area contributed by atoms with Crippen LogP contribution in [0.15, 0.2) is 84.2 Å². The molecule has 2 atom stereocenters. The molecule has 0 aliphatic carbocycles. The molecule has 0 radical (unpaired) electrons. The summed E-state index contributed by atoms with van der Waals surface area (Å²) in [6.45, 7) is 1.91. The molecule has 42 heavy (non-hydrogen) atoms. The van der Waals surface area contributed by atoms with Crippen molar-refractivity contribution in [2.24, 2.45) is 13.0 Å². The molecule has 3 aromatic heterocycles. The Morgan fingerprint density at radius 1 is 0.881 bits per heavy atom. The van der Waals surface area contributed by atoms with Crippen molar-refractivity contribution in [1.29, 1.82) is 0 Å². The summed E-state index contributed by atoms with van der Waals surface area (Å²) in [5.41, 5.74) is 5.88. The first-order valence-electron chi connectivity index (χ1n) is 13.7. The predicted molar refractivity (Wildman–Crippen MR) is 166 cm³/mol. The molecule has 1 N–H and O–H groups in total. The summed E-state index contributed by atoms with van der Waals surface area (Å²) in [5, 5.41) is 8.58. The first-order chi connectivity index (χ1) is 20.3. The molecule has 0 saturated carbocycles. The van der Waals surface area contributed by atoms with Crippen LogP contribution < -0.4 is 10.9 Å². The van der Waals surface area contributed by atoms with Crippen molar-refractivity contribution in [3.05, 3.63) is 105 Å². The Balaban J connectivity index is 1.43. The lowest BCUT2D eigenvalue weighted by Gasteiger charge is -2.22. The molecule has 2 bridgehead atoms. The second-order valence-electron chi connectivity index (χ2n) is 10.6. The number of carbonyl (C=O) groups excluding carboxylic acids is 1. The number of nitrogens with zero attached hydrogens (tertiary/aromatic N) is 5. The number of rotatable bonds is 3. The van der Waals surface area contributed by atoms with Gasteiger partial charge in [0.15, 0.2) is 0 Å². The number of halogens is 2. The maximum atomic E-state index is 13.8. The minimum atomic E-state index is -0.375. The molecule has 0 saturated heterocycles. The third kappa shape index (κ3) is 5.47. The zero-order valence-electron chi connectivity index (χ0n) is 23.1. The zero-order valence-corrected chi connectivity index (χ0v) is 24.6. The normalized spacial score (nSPS) is 17.1. The Morgan fingerprint density at radius 2 is 1.67 bits per heavy atom. The van der Waals surface area contributed by atoms with Crippen LogP contribution in [0.3, 0.4) is 0 Å². The van der Waals surface area contributed by atoms with Crippen LogP contribution >= 0.6 is 23.2 Å². The summed E-state index contributed by atoms with van der Waals surface area (Å²) in [6.07, 6.45) is 6.95. The van der Waals surface area contributed by atoms with Crippen molar-refractivity contribution in [1.82, 2.24) is 24.3 Å². The van der Waals surface area contributed by atoms with E-state index in [0.717, 1.165) is 33.6 Å². The Morgan fingerprint density at radius 3 is 2.45 bits per heavy atom. The fourth-order valence-corrected chi connectivity index (χ4v) is 5.78. The SMILES string of the molecule is C[C@@H]1CCC[C@H](n2cnc(-c3cc(Cl)ccc3-c3ccc(Cl)cc3)cc2=O)c2cc(ccn2)-c2c(cnn2C)NC1=O. The number of anilines is 1. The summed E-state index contributed by atoms with van der Waals surface area (Å²) in [7, 11) is 1.83. The summed E-state index contributed by atoms with van der Waals surface area (Å²) < 4.78 is 3.36. The van der Waals surface area contributed by atoms with E-state index in [2.05, 4.69) is 15.4 Å². The summed E-state index contributed by atoms with van der Waals surface area (Å²) in [4.78, 5) is 36.1. The van der Waals surface area contributed by atoms with Gasteiger partial charge in [-0.15, -0.1) is 0 Å². The molecule has 4 heterocycles. The number of hydrogen-bond donors (Lipinski definition) is 1. The molecule has 212 valence electrons. The highest BCUT2D eigenvalue weighted by atomic mass is 35.5. The second kappa shape index (κ2) is 11.5. The number of hydrogen-bond acceptors (Lipinski definition) is 5. The topological polar surface area (TPSA) is 94.7 Å². The highest BCUT2D eigenvalue weighted by Crippen LogP contribution is 2.35. The largest absolute Gasteiger partial charge is 0.323 e. The Bertz CT molecular complexity index is 1850. The van der Waals surface area contributed by atoms with Crippen molar-refractivity contribution >= 4 is 34.8 Å². The quantitative estimate of drug-likeness (QED) is 0.240. The Kier molecular flexibility index (Phi) is 7.66. The van der Waals surface area contributed by atoms with Gasteiger partial charge in [-0.2, -0.15) is 5.10 Å². The first-order valence-corrected chi connectivity index (χ1v) is 14.5. The highest BCUT2D eigenvalue weighted by molar-refractivity contribution is 6.31. The average Bonchev–Trinajstić information content (AvgIpc) is 3.35. The molecular weight excluding hydrogens is 571 g/mol. The van der Waals surface area contributed by atoms with E-state index in [1.165, 1.54) is 0 Å². The van der Waals surface area contributed by atoms with E-state index in [1.54, 1.807) is 34.0 Å². The third-order valence-electron chi connectivity index (χ3n) is 7.74. The maximum Gasteiger partial charge on any atom is 0.254 e. The molecular formula is C32H28Cl2N6O2. The number of fused-ring (bicyclic) bond motifs is 4. The monoisotopic (exact) mass is 598 g/mol.